The Kier molecular flexibility index (Phi) is 3.64. The van der Waals surface area contributed by atoms with Gasteiger partial charge in [-0.2, -0.15) is 5.26 Å². The first-order valence-electron chi connectivity index (χ1n) is 4.98. The molecule has 0 heterocycles. The molecule has 1 unspecified atom stereocenters. The van der Waals surface area contributed by atoms with Crippen LogP contribution in [0.5, 0.6) is 0 Å². The maximum absolute atomic E-state index is 11.2. The fourth-order valence-electron chi connectivity index (χ4n) is 1.58. The number of carboxylic acid groups (broad SMARTS) is 1. The number of benzene rings is 1. The van der Waals surface area contributed by atoms with Gasteiger partial charge in [0.15, 0.2) is 0 Å². The van der Waals surface area contributed by atoms with Crippen LogP contribution in [0.15, 0.2) is 24.3 Å². The van der Waals surface area contributed by atoms with E-state index in [2.05, 4.69) is 0 Å². The average molecular weight is 218 g/mol. The standard InChI is InChI=1S/C12H14N2O2/c1-12(6-7-13,11(15)16)10-4-2-9(8-14)3-5-10/h2-5H,6-7,13H2,1H3,(H,15,16). The number of hydrogen-bond donors (Lipinski definition) is 2. The van der Waals surface area contributed by atoms with Gasteiger partial charge in [-0.1, -0.05) is 12.1 Å². The summed E-state index contributed by atoms with van der Waals surface area (Å²) in [7, 11) is 0. The number of nitriles is 1. The molecule has 0 spiro atoms. The van der Waals surface area contributed by atoms with Crippen molar-refractivity contribution < 1.29 is 9.90 Å². The number of aliphatic carboxylic acids is 1. The molecule has 0 saturated carbocycles. The quantitative estimate of drug-likeness (QED) is 0.796. The van der Waals surface area contributed by atoms with Gasteiger partial charge in [0.25, 0.3) is 0 Å². The second kappa shape index (κ2) is 4.77. The molecule has 1 aromatic rings. The Labute approximate surface area is 94.3 Å². The summed E-state index contributed by atoms with van der Waals surface area (Å²) in [6, 6.07) is 8.57. The molecule has 0 aliphatic rings. The Hall–Kier alpha value is -1.86. The van der Waals surface area contributed by atoms with Crippen molar-refractivity contribution in [2.24, 2.45) is 5.73 Å². The summed E-state index contributed by atoms with van der Waals surface area (Å²) < 4.78 is 0. The highest BCUT2D eigenvalue weighted by molar-refractivity contribution is 5.80. The monoisotopic (exact) mass is 218 g/mol. The number of carbonyl (C=O) groups is 1. The van der Waals surface area contributed by atoms with E-state index in [4.69, 9.17) is 11.0 Å². The van der Waals surface area contributed by atoms with E-state index in [1.165, 1.54) is 0 Å². The number of nitrogens with zero attached hydrogens (tertiary/aromatic N) is 1. The van der Waals surface area contributed by atoms with Crippen LogP contribution in [-0.2, 0) is 10.2 Å². The van der Waals surface area contributed by atoms with Crippen molar-refractivity contribution in [2.45, 2.75) is 18.8 Å². The van der Waals surface area contributed by atoms with Crippen molar-refractivity contribution in [1.82, 2.24) is 0 Å². The van der Waals surface area contributed by atoms with Crippen LogP contribution in [0.25, 0.3) is 0 Å². The smallest absolute Gasteiger partial charge is 0.313 e. The fraction of sp³-hybridized carbons (Fsp3) is 0.333. The summed E-state index contributed by atoms with van der Waals surface area (Å²) >= 11 is 0. The van der Waals surface area contributed by atoms with Gasteiger partial charge in [-0.05, 0) is 37.6 Å². The van der Waals surface area contributed by atoms with Gasteiger partial charge < -0.3 is 10.8 Å². The molecule has 84 valence electrons. The van der Waals surface area contributed by atoms with Gasteiger partial charge >= 0.3 is 5.97 Å². The van der Waals surface area contributed by atoms with E-state index < -0.39 is 11.4 Å². The van der Waals surface area contributed by atoms with Crippen LogP contribution in [0.1, 0.15) is 24.5 Å². The van der Waals surface area contributed by atoms with Gasteiger partial charge in [-0.25, -0.2) is 0 Å². The van der Waals surface area contributed by atoms with Crippen molar-refractivity contribution in [2.75, 3.05) is 6.54 Å². The highest BCUT2D eigenvalue weighted by Crippen LogP contribution is 2.27. The lowest BCUT2D eigenvalue weighted by Gasteiger charge is -2.24. The summed E-state index contributed by atoms with van der Waals surface area (Å²) in [4.78, 5) is 11.2. The summed E-state index contributed by atoms with van der Waals surface area (Å²) in [5, 5.41) is 17.9. The number of carboxylic acids is 1. The van der Waals surface area contributed by atoms with E-state index in [1.54, 1.807) is 31.2 Å². The van der Waals surface area contributed by atoms with Crippen molar-refractivity contribution >= 4 is 5.97 Å². The molecule has 0 bridgehead atoms. The fourth-order valence-corrected chi connectivity index (χ4v) is 1.58. The van der Waals surface area contributed by atoms with Crippen LogP contribution in [0.4, 0.5) is 0 Å². The van der Waals surface area contributed by atoms with Crippen molar-refractivity contribution in [1.29, 1.82) is 5.26 Å². The molecule has 0 aromatic heterocycles. The Morgan fingerprint density at radius 2 is 2.06 bits per heavy atom. The molecule has 4 heteroatoms. The van der Waals surface area contributed by atoms with Crippen LogP contribution >= 0.6 is 0 Å². The normalized spacial score (nSPS) is 13.8. The van der Waals surface area contributed by atoms with E-state index in [0.717, 1.165) is 0 Å². The number of hydrogen-bond acceptors (Lipinski definition) is 3. The predicted octanol–water partition coefficient (Wildman–Crippen LogP) is 1.25. The number of rotatable bonds is 4. The lowest BCUT2D eigenvalue weighted by molar-refractivity contribution is -0.143. The second-order valence-corrected chi connectivity index (χ2v) is 3.87. The minimum absolute atomic E-state index is 0.308. The average Bonchev–Trinajstić information content (AvgIpc) is 2.29. The number of nitrogens with two attached hydrogens (primary N) is 1. The van der Waals surface area contributed by atoms with Gasteiger partial charge in [0.05, 0.1) is 17.0 Å². The third-order valence-corrected chi connectivity index (χ3v) is 2.77. The molecule has 16 heavy (non-hydrogen) atoms. The third-order valence-electron chi connectivity index (χ3n) is 2.77. The zero-order valence-electron chi connectivity index (χ0n) is 9.10. The molecule has 1 aromatic carbocycles. The SMILES string of the molecule is CC(CCN)(C(=O)O)c1ccc(C#N)cc1. The minimum Gasteiger partial charge on any atom is -0.481 e. The third kappa shape index (κ3) is 2.20. The van der Waals surface area contributed by atoms with Crippen molar-refractivity contribution in [3.63, 3.8) is 0 Å². The Morgan fingerprint density at radius 1 is 1.50 bits per heavy atom. The zero-order valence-corrected chi connectivity index (χ0v) is 9.10. The molecule has 0 aliphatic heterocycles. The first kappa shape index (κ1) is 12.2. The maximum atomic E-state index is 11.2. The zero-order chi connectivity index (χ0) is 12.2. The van der Waals surface area contributed by atoms with E-state index in [-0.39, 0.29) is 0 Å². The van der Waals surface area contributed by atoms with Crippen LogP contribution in [0.2, 0.25) is 0 Å². The Balaban J connectivity index is 3.12. The van der Waals surface area contributed by atoms with Crippen molar-refractivity contribution in [3.8, 4) is 6.07 Å². The molecule has 0 fully saturated rings. The van der Waals surface area contributed by atoms with Crippen LogP contribution in [0, 0.1) is 11.3 Å². The van der Waals surface area contributed by atoms with E-state index in [9.17, 15) is 9.90 Å². The topological polar surface area (TPSA) is 87.1 Å². The van der Waals surface area contributed by atoms with E-state index in [0.29, 0.717) is 24.1 Å². The molecule has 1 atom stereocenters. The van der Waals surface area contributed by atoms with Gasteiger partial charge in [0.2, 0.25) is 0 Å². The Bertz CT molecular complexity index is 420. The Morgan fingerprint density at radius 3 is 2.44 bits per heavy atom. The molecular formula is C12H14N2O2. The largest absolute Gasteiger partial charge is 0.481 e. The summed E-state index contributed by atoms with van der Waals surface area (Å²) in [5.41, 5.74) is 5.64. The maximum Gasteiger partial charge on any atom is 0.313 e. The highest BCUT2D eigenvalue weighted by atomic mass is 16.4. The van der Waals surface area contributed by atoms with Gasteiger partial charge in [0.1, 0.15) is 0 Å². The summed E-state index contributed by atoms with van der Waals surface area (Å²) in [5.74, 6) is -0.900. The van der Waals surface area contributed by atoms with Crippen molar-refractivity contribution in [3.05, 3.63) is 35.4 Å². The lowest BCUT2D eigenvalue weighted by Crippen LogP contribution is -2.34. The van der Waals surface area contributed by atoms with E-state index in [1.807, 2.05) is 6.07 Å². The second-order valence-electron chi connectivity index (χ2n) is 3.87. The van der Waals surface area contributed by atoms with Gasteiger partial charge in [-0.15, -0.1) is 0 Å². The molecule has 0 saturated heterocycles. The van der Waals surface area contributed by atoms with Gasteiger partial charge in [0, 0.05) is 0 Å². The highest BCUT2D eigenvalue weighted by Gasteiger charge is 2.34. The minimum atomic E-state index is -0.983. The molecule has 0 amide bonds. The molecule has 0 radical (unpaired) electrons. The lowest BCUT2D eigenvalue weighted by atomic mass is 9.79. The summed E-state index contributed by atoms with van der Waals surface area (Å²) in [6.45, 7) is 1.95. The first-order chi connectivity index (χ1) is 7.54. The molecular weight excluding hydrogens is 204 g/mol. The van der Waals surface area contributed by atoms with Crippen LogP contribution in [0.3, 0.4) is 0 Å². The summed E-state index contributed by atoms with van der Waals surface area (Å²) in [6.07, 6.45) is 0.369. The van der Waals surface area contributed by atoms with Crippen LogP contribution in [-0.4, -0.2) is 17.6 Å². The predicted molar refractivity (Wildman–Crippen MR) is 59.8 cm³/mol. The molecule has 3 N–H and O–H groups in total. The first-order valence-corrected chi connectivity index (χ1v) is 4.98. The molecule has 4 nitrogen and oxygen atoms in total. The molecule has 0 aliphatic carbocycles. The van der Waals surface area contributed by atoms with Crippen LogP contribution < -0.4 is 5.73 Å². The van der Waals surface area contributed by atoms with E-state index >= 15 is 0 Å². The van der Waals surface area contributed by atoms with Gasteiger partial charge in [-0.3, -0.25) is 4.79 Å². The molecule has 1 rings (SSSR count).